The summed E-state index contributed by atoms with van der Waals surface area (Å²) in [5, 5.41) is 3.86. The molecule has 0 spiro atoms. The number of aromatic nitrogens is 2. The number of nitrogens with zero attached hydrogens (tertiary/aromatic N) is 4. The van der Waals surface area contributed by atoms with Crippen molar-refractivity contribution in [2.24, 2.45) is 5.16 Å². The van der Waals surface area contributed by atoms with Crippen LogP contribution in [0.15, 0.2) is 23.4 Å². The van der Waals surface area contributed by atoms with Gasteiger partial charge >= 0.3 is 5.97 Å². The quantitative estimate of drug-likeness (QED) is 0.399. The zero-order valence-electron chi connectivity index (χ0n) is 18.2. The molecule has 0 aliphatic carbocycles. The number of methoxy groups -OCH3 is 1. The van der Waals surface area contributed by atoms with Gasteiger partial charge in [-0.3, -0.25) is 0 Å². The van der Waals surface area contributed by atoms with E-state index in [0.29, 0.717) is 28.9 Å². The Bertz CT molecular complexity index is 923. The maximum absolute atomic E-state index is 12.4. The normalized spacial score (nSPS) is 11.4. The van der Waals surface area contributed by atoms with Crippen molar-refractivity contribution in [2.45, 2.75) is 33.6 Å². The smallest absolute Gasteiger partial charge is 0.361 e. The van der Waals surface area contributed by atoms with Gasteiger partial charge in [-0.2, -0.15) is 4.98 Å². The van der Waals surface area contributed by atoms with E-state index in [2.05, 4.69) is 35.0 Å². The zero-order chi connectivity index (χ0) is 21.7. The molecule has 156 valence electrons. The van der Waals surface area contributed by atoms with Crippen molar-refractivity contribution in [3.63, 3.8) is 0 Å². The average Bonchev–Trinajstić information content (AvgIpc) is 2.65. The van der Waals surface area contributed by atoms with Gasteiger partial charge in [-0.25, -0.2) is 9.78 Å². The Kier molecular flexibility index (Phi) is 7.14. The average molecular weight is 400 g/mol. The molecule has 0 unspecified atom stereocenters. The number of hydrogen-bond acceptors (Lipinski definition) is 8. The molecule has 2 aromatic rings. The fourth-order valence-corrected chi connectivity index (χ4v) is 2.79. The van der Waals surface area contributed by atoms with Crippen molar-refractivity contribution < 1.29 is 19.1 Å². The van der Waals surface area contributed by atoms with Gasteiger partial charge < -0.3 is 19.2 Å². The van der Waals surface area contributed by atoms with Crippen molar-refractivity contribution in [1.82, 2.24) is 9.97 Å². The Morgan fingerprint density at radius 1 is 1.10 bits per heavy atom. The van der Waals surface area contributed by atoms with E-state index in [4.69, 9.17) is 14.3 Å². The van der Waals surface area contributed by atoms with Crippen LogP contribution in [0, 0.1) is 13.8 Å². The highest BCUT2D eigenvalue weighted by Gasteiger charge is 2.28. The molecule has 0 saturated carbocycles. The number of esters is 1. The lowest BCUT2D eigenvalue weighted by atomic mass is 10.0. The van der Waals surface area contributed by atoms with Crippen molar-refractivity contribution in [3.05, 3.63) is 40.7 Å². The number of oxime groups is 1. The fourth-order valence-electron chi connectivity index (χ4n) is 2.79. The summed E-state index contributed by atoms with van der Waals surface area (Å²) in [6.45, 7) is 7.99. The van der Waals surface area contributed by atoms with Crippen molar-refractivity contribution in [1.29, 1.82) is 0 Å². The second kappa shape index (κ2) is 9.36. The molecule has 1 aromatic carbocycles. The van der Waals surface area contributed by atoms with Crippen LogP contribution in [0.1, 0.15) is 42.3 Å². The fraction of sp³-hybridized carbons (Fsp3) is 0.429. The summed E-state index contributed by atoms with van der Waals surface area (Å²) >= 11 is 0. The molecule has 8 heteroatoms. The van der Waals surface area contributed by atoms with Gasteiger partial charge in [0.2, 0.25) is 11.6 Å². The van der Waals surface area contributed by atoms with Gasteiger partial charge in [0.1, 0.15) is 30.1 Å². The third kappa shape index (κ3) is 5.22. The first kappa shape index (κ1) is 22.1. The van der Waals surface area contributed by atoms with Crippen molar-refractivity contribution >= 4 is 17.5 Å². The predicted octanol–water partition coefficient (Wildman–Crippen LogP) is 3.60. The van der Waals surface area contributed by atoms with E-state index < -0.39 is 5.97 Å². The van der Waals surface area contributed by atoms with Gasteiger partial charge in [0.05, 0.1) is 7.11 Å². The third-order valence-electron chi connectivity index (χ3n) is 4.14. The van der Waals surface area contributed by atoms with Crippen molar-refractivity contribution in [2.75, 3.05) is 33.2 Å². The predicted molar refractivity (Wildman–Crippen MR) is 112 cm³/mol. The van der Waals surface area contributed by atoms with Crippen LogP contribution in [0.4, 0.5) is 5.82 Å². The minimum atomic E-state index is -0.681. The molecule has 29 heavy (non-hydrogen) atoms. The molecule has 0 bridgehead atoms. The first-order valence-corrected chi connectivity index (χ1v) is 9.23. The van der Waals surface area contributed by atoms with Crippen LogP contribution >= 0.6 is 0 Å². The molecule has 8 nitrogen and oxygen atoms in total. The first-order valence-electron chi connectivity index (χ1n) is 9.23. The van der Waals surface area contributed by atoms with Crippen LogP contribution in [0.2, 0.25) is 0 Å². The number of benzene rings is 1. The van der Waals surface area contributed by atoms with Crippen LogP contribution in [0.25, 0.3) is 0 Å². The number of anilines is 1. The highest BCUT2D eigenvalue weighted by molar-refractivity contribution is 6.44. The summed E-state index contributed by atoms with van der Waals surface area (Å²) in [5.74, 6) is 1.42. The minimum Gasteiger partial charge on any atom is -0.464 e. The van der Waals surface area contributed by atoms with E-state index in [1.165, 1.54) is 14.2 Å². The molecule has 0 amide bonds. The SMILES string of the molecule is CON=C(C(=O)OC)c1c(Oc2cc(C)cc(C(C)C)c2)nc(C)nc1N(C)C. The van der Waals surface area contributed by atoms with Gasteiger partial charge in [0, 0.05) is 14.1 Å². The standard InChI is InChI=1S/C21H28N4O4/c1-12(2)15-9-13(3)10-16(11-15)29-20-17(18(24-28-8)21(26)27-7)19(25(5)6)22-14(4)23-20/h9-12H,1-8H3. The summed E-state index contributed by atoms with van der Waals surface area (Å²) in [4.78, 5) is 27.9. The van der Waals surface area contributed by atoms with Gasteiger partial charge in [-0.15, -0.1) is 0 Å². The molecule has 0 atom stereocenters. The van der Waals surface area contributed by atoms with E-state index >= 15 is 0 Å². The highest BCUT2D eigenvalue weighted by atomic mass is 16.6. The van der Waals surface area contributed by atoms with E-state index in [1.807, 2.05) is 19.1 Å². The van der Waals surface area contributed by atoms with Crippen LogP contribution in [0.5, 0.6) is 11.6 Å². The van der Waals surface area contributed by atoms with E-state index in [-0.39, 0.29) is 11.6 Å². The molecule has 0 aliphatic heterocycles. The van der Waals surface area contributed by atoms with Crippen LogP contribution in [-0.4, -0.2) is 50.0 Å². The summed E-state index contributed by atoms with van der Waals surface area (Å²) < 4.78 is 11.0. The number of hydrogen-bond donors (Lipinski definition) is 0. The first-order chi connectivity index (χ1) is 13.7. The summed E-state index contributed by atoms with van der Waals surface area (Å²) in [6, 6.07) is 5.98. The summed E-state index contributed by atoms with van der Waals surface area (Å²) in [6.07, 6.45) is 0. The van der Waals surface area contributed by atoms with Gasteiger partial charge in [-0.05, 0) is 43.0 Å². The highest BCUT2D eigenvalue weighted by Crippen LogP contribution is 2.32. The second-order valence-electron chi connectivity index (χ2n) is 7.12. The second-order valence-corrected chi connectivity index (χ2v) is 7.12. The lowest BCUT2D eigenvalue weighted by molar-refractivity contribution is -0.132. The van der Waals surface area contributed by atoms with Gasteiger partial charge in [-0.1, -0.05) is 25.1 Å². The zero-order valence-corrected chi connectivity index (χ0v) is 18.2. The van der Waals surface area contributed by atoms with E-state index in [1.54, 1.807) is 25.9 Å². The lowest BCUT2D eigenvalue weighted by Crippen LogP contribution is -2.24. The molecule has 2 rings (SSSR count). The minimum absolute atomic E-state index is 0.0783. The summed E-state index contributed by atoms with van der Waals surface area (Å²) in [7, 11) is 6.23. The molecule has 1 heterocycles. The van der Waals surface area contributed by atoms with E-state index in [0.717, 1.165) is 11.1 Å². The van der Waals surface area contributed by atoms with Crippen LogP contribution in [-0.2, 0) is 14.4 Å². The molecule has 0 fully saturated rings. The monoisotopic (exact) mass is 400 g/mol. The molecule has 0 saturated heterocycles. The maximum Gasteiger partial charge on any atom is 0.361 e. The topological polar surface area (TPSA) is 86.1 Å². The Hall–Kier alpha value is -3.16. The number of rotatable bonds is 7. The Morgan fingerprint density at radius 3 is 2.34 bits per heavy atom. The number of carbonyl (C=O) groups excluding carboxylic acids is 1. The number of ether oxygens (including phenoxy) is 2. The van der Waals surface area contributed by atoms with E-state index in [9.17, 15) is 4.79 Å². The third-order valence-corrected chi connectivity index (χ3v) is 4.14. The Morgan fingerprint density at radius 2 is 1.79 bits per heavy atom. The van der Waals surface area contributed by atoms with Gasteiger partial charge in [0.15, 0.2) is 0 Å². The number of carbonyl (C=O) groups is 1. The van der Waals surface area contributed by atoms with Crippen molar-refractivity contribution in [3.8, 4) is 11.6 Å². The molecule has 1 aromatic heterocycles. The maximum atomic E-state index is 12.4. The van der Waals surface area contributed by atoms with Crippen LogP contribution in [0.3, 0.4) is 0 Å². The largest absolute Gasteiger partial charge is 0.464 e. The molecule has 0 N–H and O–H groups in total. The number of aryl methyl sites for hydroxylation is 2. The molecule has 0 radical (unpaired) electrons. The Labute approximate surface area is 171 Å². The molecular formula is C21H28N4O4. The molecule has 0 aliphatic rings. The Balaban J connectivity index is 2.71. The molecular weight excluding hydrogens is 372 g/mol. The van der Waals surface area contributed by atoms with Gasteiger partial charge in [0.25, 0.3) is 0 Å². The van der Waals surface area contributed by atoms with Crippen LogP contribution < -0.4 is 9.64 Å². The summed E-state index contributed by atoms with van der Waals surface area (Å²) in [5.41, 5.74) is 2.41. The lowest BCUT2D eigenvalue weighted by Gasteiger charge is -2.20.